The first-order chi connectivity index (χ1) is 9.65. The topological polar surface area (TPSA) is 46.3 Å². The lowest BCUT2D eigenvalue weighted by atomic mass is 10.1. The number of hydrogen-bond donors (Lipinski definition) is 1. The molecule has 1 aromatic rings. The van der Waals surface area contributed by atoms with Gasteiger partial charge in [0.2, 0.25) is 5.91 Å². The number of unbranched alkanes of at least 4 members (excludes halogenated alkanes) is 6. The molecule has 0 fully saturated rings. The van der Waals surface area contributed by atoms with Crippen LogP contribution >= 0.6 is 0 Å². The Morgan fingerprint density at radius 2 is 1.75 bits per heavy atom. The van der Waals surface area contributed by atoms with Gasteiger partial charge in [0.15, 0.2) is 0 Å². The van der Waals surface area contributed by atoms with Crippen molar-refractivity contribution in [1.82, 2.24) is 0 Å². The van der Waals surface area contributed by atoms with E-state index in [9.17, 15) is 4.79 Å². The minimum atomic E-state index is 0.171. The number of carbonyl (C=O) groups is 1. The first-order valence-electron chi connectivity index (χ1n) is 7.77. The van der Waals surface area contributed by atoms with Gasteiger partial charge in [0.25, 0.3) is 0 Å². The Morgan fingerprint density at radius 1 is 1.10 bits per heavy atom. The van der Waals surface area contributed by atoms with Crippen molar-refractivity contribution in [3.05, 3.63) is 24.3 Å². The van der Waals surface area contributed by atoms with Crippen molar-refractivity contribution < 1.29 is 4.79 Å². The van der Waals surface area contributed by atoms with Gasteiger partial charge in [0.05, 0.1) is 0 Å². The van der Waals surface area contributed by atoms with Crippen LogP contribution in [-0.2, 0) is 4.79 Å². The van der Waals surface area contributed by atoms with Gasteiger partial charge < -0.3 is 10.6 Å². The molecule has 0 unspecified atom stereocenters. The molecule has 1 rings (SSSR count). The van der Waals surface area contributed by atoms with Crippen molar-refractivity contribution in [2.24, 2.45) is 0 Å². The molecule has 0 aliphatic carbocycles. The van der Waals surface area contributed by atoms with Crippen LogP contribution < -0.4 is 10.6 Å². The smallest absolute Gasteiger partial charge is 0.226 e. The molecule has 0 saturated heterocycles. The number of nitrogens with two attached hydrogens (primary N) is 1. The van der Waals surface area contributed by atoms with Gasteiger partial charge in [-0.25, -0.2) is 0 Å². The Labute approximate surface area is 123 Å². The number of carbonyl (C=O) groups excluding carboxylic acids is 1. The summed E-state index contributed by atoms with van der Waals surface area (Å²) in [6.07, 6.45) is 9.24. The molecule has 3 heteroatoms. The highest BCUT2D eigenvalue weighted by molar-refractivity contribution is 5.93. The lowest BCUT2D eigenvalue weighted by Crippen LogP contribution is -2.25. The van der Waals surface area contributed by atoms with Crippen molar-refractivity contribution in [3.63, 3.8) is 0 Å². The molecule has 0 aliphatic heterocycles. The highest BCUT2D eigenvalue weighted by Gasteiger charge is 2.10. The van der Waals surface area contributed by atoms with E-state index >= 15 is 0 Å². The summed E-state index contributed by atoms with van der Waals surface area (Å²) >= 11 is 0. The second kappa shape index (κ2) is 9.40. The van der Waals surface area contributed by atoms with E-state index in [1.807, 2.05) is 31.3 Å². The van der Waals surface area contributed by atoms with Crippen molar-refractivity contribution in [2.75, 3.05) is 17.7 Å². The fourth-order valence-electron chi connectivity index (χ4n) is 2.28. The fourth-order valence-corrected chi connectivity index (χ4v) is 2.28. The Kier molecular flexibility index (Phi) is 7.78. The maximum Gasteiger partial charge on any atom is 0.226 e. The molecule has 112 valence electrons. The van der Waals surface area contributed by atoms with Crippen molar-refractivity contribution in [1.29, 1.82) is 0 Å². The number of amides is 1. The molecule has 3 nitrogen and oxygen atoms in total. The lowest BCUT2D eigenvalue weighted by Gasteiger charge is -2.17. The molecule has 0 heterocycles. The number of nitrogens with zero attached hydrogens (tertiary/aromatic N) is 1. The van der Waals surface area contributed by atoms with E-state index in [4.69, 9.17) is 5.73 Å². The summed E-state index contributed by atoms with van der Waals surface area (Å²) in [5.41, 5.74) is 7.30. The van der Waals surface area contributed by atoms with Gasteiger partial charge in [-0.05, 0) is 24.6 Å². The maximum atomic E-state index is 12.1. The van der Waals surface area contributed by atoms with E-state index in [-0.39, 0.29) is 5.91 Å². The molecule has 0 aliphatic rings. The summed E-state index contributed by atoms with van der Waals surface area (Å²) in [5, 5.41) is 0. The predicted molar refractivity (Wildman–Crippen MR) is 86.9 cm³/mol. The van der Waals surface area contributed by atoms with Crippen LogP contribution in [0.3, 0.4) is 0 Å². The normalized spacial score (nSPS) is 10.5. The largest absolute Gasteiger partial charge is 0.399 e. The van der Waals surface area contributed by atoms with E-state index < -0.39 is 0 Å². The molecule has 0 aromatic heterocycles. The molecule has 1 amide bonds. The third kappa shape index (κ3) is 6.09. The lowest BCUT2D eigenvalue weighted by molar-refractivity contribution is -0.118. The monoisotopic (exact) mass is 276 g/mol. The average molecular weight is 276 g/mol. The molecule has 2 N–H and O–H groups in total. The first-order valence-corrected chi connectivity index (χ1v) is 7.77. The molecule has 0 saturated carbocycles. The van der Waals surface area contributed by atoms with E-state index in [1.165, 1.54) is 32.1 Å². The number of hydrogen-bond acceptors (Lipinski definition) is 2. The van der Waals surface area contributed by atoms with Gasteiger partial charge in [-0.2, -0.15) is 0 Å². The quantitative estimate of drug-likeness (QED) is 0.537. The minimum absolute atomic E-state index is 0.171. The Hall–Kier alpha value is -1.51. The molecule has 0 bridgehead atoms. The molecular weight excluding hydrogens is 248 g/mol. The second-order valence-electron chi connectivity index (χ2n) is 5.42. The Morgan fingerprint density at radius 3 is 2.40 bits per heavy atom. The van der Waals surface area contributed by atoms with Crippen LogP contribution in [0, 0.1) is 0 Å². The van der Waals surface area contributed by atoms with Gasteiger partial charge >= 0.3 is 0 Å². The van der Waals surface area contributed by atoms with Gasteiger partial charge in [0, 0.05) is 24.8 Å². The zero-order chi connectivity index (χ0) is 14.8. The van der Waals surface area contributed by atoms with Crippen LogP contribution in [0.4, 0.5) is 11.4 Å². The highest BCUT2D eigenvalue weighted by Crippen LogP contribution is 2.17. The molecule has 0 atom stereocenters. The highest BCUT2D eigenvalue weighted by atomic mass is 16.2. The van der Waals surface area contributed by atoms with Crippen molar-refractivity contribution >= 4 is 17.3 Å². The Balaban J connectivity index is 2.22. The zero-order valence-electron chi connectivity index (χ0n) is 12.9. The standard InChI is InChI=1S/C17H28N2O/c1-3-4-5-6-7-8-9-13-17(20)19(2)16-12-10-11-15(18)14-16/h10-12,14H,3-9,13,18H2,1-2H3. The van der Waals surface area contributed by atoms with Gasteiger partial charge in [-0.15, -0.1) is 0 Å². The van der Waals surface area contributed by atoms with E-state index in [2.05, 4.69) is 6.92 Å². The molecule has 1 aromatic carbocycles. The summed E-state index contributed by atoms with van der Waals surface area (Å²) < 4.78 is 0. The van der Waals surface area contributed by atoms with E-state index in [1.54, 1.807) is 4.90 Å². The average Bonchev–Trinajstić information content (AvgIpc) is 2.45. The van der Waals surface area contributed by atoms with Crippen LogP contribution in [0.25, 0.3) is 0 Å². The number of nitrogen functional groups attached to an aromatic ring is 1. The number of anilines is 2. The van der Waals surface area contributed by atoms with Crippen molar-refractivity contribution in [3.8, 4) is 0 Å². The zero-order valence-corrected chi connectivity index (χ0v) is 12.9. The summed E-state index contributed by atoms with van der Waals surface area (Å²) in [6, 6.07) is 7.46. The number of benzene rings is 1. The number of rotatable bonds is 9. The third-order valence-corrected chi connectivity index (χ3v) is 3.63. The third-order valence-electron chi connectivity index (χ3n) is 3.63. The van der Waals surface area contributed by atoms with Crippen LogP contribution in [-0.4, -0.2) is 13.0 Å². The summed E-state index contributed by atoms with van der Waals surface area (Å²) in [4.78, 5) is 13.8. The van der Waals surface area contributed by atoms with E-state index in [0.29, 0.717) is 12.1 Å². The van der Waals surface area contributed by atoms with Crippen LogP contribution in [0.5, 0.6) is 0 Å². The van der Waals surface area contributed by atoms with Gasteiger partial charge in [0.1, 0.15) is 0 Å². The van der Waals surface area contributed by atoms with Crippen molar-refractivity contribution in [2.45, 2.75) is 58.3 Å². The van der Waals surface area contributed by atoms with Gasteiger partial charge in [-0.1, -0.05) is 51.5 Å². The summed E-state index contributed by atoms with van der Waals surface area (Å²) in [6.45, 7) is 2.23. The summed E-state index contributed by atoms with van der Waals surface area (Å²) in [5.74, 6) is 0.171. The van der Waals surface area contributed by atoms with Crippen LogP contribution in [0.15, 0.2) is 24.3 Å². The maximum absolute atomic E-state index is 12.1. The summed E-state index contributed by atoms with van der Waals surface area (Å²) in [7, 11) is 1.82. The second-order valence-corrected chi connectivity index (χ2v) is 5.42. The fraction of sp³-hybridized carbons (Fsp3) is 0.588. The van der Waals surface area contributed by atoms with E-state index in [0.717, 1.165) is 18.5 Å². The molecule has 0 spiro atoms. The minimum Gasteiger partial charge on any atom is -0.399 e. The molecule has 0 radical (unpaired) electrons. The Bertz CT molecular complexity index is 404. The van der Waals surface area contributed by atoms with Crippen LogP contribution in [0.1, 0.15) is 58.3 Å². The predicted octanol–water partition coefficient (Wildman–Crippen LogP) is 4.37. The molecular formula is C17H28N2O. The van der Waals surface area contributed by atoms with Gasteiger partial charge in [-0.3, -0.25) is 4.79 Å². The first kappa shape index (κ1) is 16.5. The van der Waals surface area contributed by atoms with Crippen LogP contribution in [0.2, 0.25) is 0 Å². The molecule has 20 heavy (non-hydrogen) atoms. The SMILES string of the molecule is CCCCCCCCCC(=O)N(C)c1cccc(N)c1.